The standard InChI is InChI=1S/C25H27FN6O2S/c1-16-13-18(4-5-19(16)25(33)29-9-12-35-11-7-27)31-23-24-30-15-21(32(24)10-8-28-23)17-3-6-22(34-2)20(26)14-17/h3-6,8,10,13-15H,7,9,11-12,27H2,1-2H3,(H,28,31)(H,29,33). The number of hydrogen-bond acceptors (Lipinski definition) is 7. The van der Waals surface area contributed by atoms with Crippen molar-refractivity contribution in [2.24, 2.45) is 5.73 Å². The van der Waals surface area contributed by atoms with Crippen LogP contribution in [-0.2, 0) is 0 Å². The van der Waals surface area contributed by atoms with E-state index in [4.69, 9.17) is 10.5 Å². The summed E-state index contributed by atoms with van der Waals surface area (Å²) < 4.78 is 21.1. The molecule has 2 aromatic heterocycles. The third kappa shape index (κ3) is 5.55. The molecule has 2 heterocycles. The Hall–Kier alpha value is -3.63. The van der Waals surface area contributed by atoms with Gasteiger partial charge in [0.2, 0.25) is 0 Å². The minimum Gasteiger partial charge on any atom is -0.494 e. The first-order valence-corrected chi connectivity index (χ1v) is 12.3. The van der Waals surface area contributed by atoms with Crippen LogP contribution in [0.5, 0.6) is 5.75 Å². The highest BCUT2D eigenvalue weighted by atomic mass is 32.2. The van der Waals surface area contributed by atoms with Gasteiger partial charge >= 0.3 is 0 Å². The van der Waals surface area contributed by atoms with Crippen molar-refractivity contribution < 1.29 is 13.9 Å². The number of benzene rings is 2. The normalized spacial score (nSPS) is 11.0. The molecule has 8 nitrogen and oxygen atoms in total. The molecule has 0 radical (unpaired) electrons. The number of nitrogens with one attached hydrogen (secondary N) is 2. The Morgan fingerprint density at radius 2 is 2.06 bits per heavy atom. The summed E-state index contributed by atoms with van der Waals surface area (Å²) in [5.41, 5.74) is 9.70. The average Bonchev–Trinajstić information content (AvgIpc) is 3.29. The highest BCUT2D eigenvalue weighted by Crippen LogP contribution is 2.28. The molecule has 4 N–H and O–H groups in total. The average molecular weight is 495 g/mol. The van der Waals surface area contributed by atoms with Crippen molar-refractivity contribution in [3.63, 3.8) is 0 Å². The van der Waals surface area contributed by atoms with Crippen LogP contribution in [0.15, 0.2) is 55.0 Å². The maximum Gasteiger partial charge on any atom is 0.251 e. The van der Waals surface area contributed by atoms with Crippen LogP contribution in [0, 0.1) is 12.7 Å². The van der Waals surface area contributed by atoms with Crippen molar-refractivity contribution in [2.45, 2.75) is 6.92 Å². The molecule has 1 amide bonds. The quantitative estimate of drug-likeness (QED) is 0.286. The summed E-state index contributed by atoms with van der Waals surface area (Å²) in [5, 5.41) is 6.22. The molecule has 0 fully saturated rings. The molecule has 0 unspecified atom stereocenters. The van der Waals surface area contributed by atoms with E-state index in [1.54, 1.807) is 48.6 Å². The highest BCUT2D eigenvalue weighted by molar-refractivity contribution is 7.99. The monoisotopic (exact) mass is 494 g/mol. The van der Waals surface area contributed by atoms with Gasteiger partial charge in [-0.3, -0.25) is 9.20 Å². The molecule has 0 spiro atoms. The molecule has 0 aliphatic carbocycles. The Labute approximate surface area is 207 Å². The van der Waals surface area contributed by atoms with E-state index >= 15 is 0 Å². The number of ether oxygens (including phenoxy) is 1. The van der Waals surface area contributed by atoms with Gasteiger partial charge in [0.05, 0.1) is 19.0 Å². The van der Waals surface area contributed by atoms with E-state index in [0.29, 0.717) is 35.7 Å². The summed E-state index contributed by atoms with van der Waals surface area (Å²) in [5.74, 6) is 1.89. The second-order valence-corrected chi connectivity index (χ2v) is 9.00. The summed E-state index contributed by atoms with van der Waals surface area (Å²) in [7, 11) is 1.43. The van der Waals surface area contributed by atoms with Crippen LogP contribution in [0.4, 0.5) is 15.9 Å². The second kappa shape index (κ2) is 11.2. The van der Waals surface area contributed by atoms with Crippen LogP contribution >= 0.6 is 11.8 Å². The van der Waals surface area contributed by atoms with Crippen molar-refractivity contribution in [2.75, 3.05) is 37.0 Å². The number of halogens is 1. The molecule has 182 valence electrons. The largest absolute Gasteiger partial charge is 0.494 e. The molecule has 4 rings (SSSR count). The zero-order valence-electron chi connectivity index (χ0n) is 19.5. The molecule has 0 bridgehead atoms. The van der Waals surface area contributed by atoms with Gasteiger partial charge in [-0.25, -0.2) is 14.4 Å². The Bertz CT molecular complexity index is 1340. The predicted molar refractivity (Wildman–Crippen MR) is 138 cm³/mol. The van der Waals surface area contributed by atoms with E-state index in [1.165, 1.54) is 13.2 Å². The number of methoxy groups -OCH3 is 1. The lowest BCUT2D eigenvalue weighted by molar-refractivity contribution is 0.0955. The first-order valence-electron chi connectivity index (χ1n) is 11.1. The van der Waals surface area contributed by atoms with Crippen LogP contribution in [0.3, 0.4) is 0 Å². The van der Waals surface area contributed by atoms with Gasteiger partial charge in [-0.05, 0) is 48.9 Å². The minimum atomic E-state index is -0.443. The van der Waals surface area contributed by atoms with Crippen LogP contribution in [-0.4, -0.2) is 52.0 Å². The number of carbonyl (C=O) groups excluding carboxylic acids is 1. The van der Waals surface area contributed by atoms with Gasteiger partial charge in [0.25, 0.3) is 5.91 Å². The van der Waals surface area contributed by atoms with Crippen LogP contribution in [0.2, 0.25) is 0 Å². The summed E-state index contributed by atoms with van der Waals surface area (Å²) in [6.07, 6.45) is 5.10. The number of nitrogens with zero attached hydrogens (tertiary/aromatic N) is 3. The molecular weight excluding hydrogens is 467 g/mol. The number of thioether (sulfide) groups is 1. The zero-order chi connectivity index (χ0) is 24.8. The first-order chi connectivity index (χ1) is 17.0. The van der Waals surface area contributed by atoms with Gasteiger partial charge in [0.1, 0.15) is 0 Å². The van der Waals surface area contributed by atoms with Crippen LogP contribution in [0.25, 0.3) is 16.9 Å². The van der Waals surface area contributed by atoms with Gasteiger partial charge < -0.3 is 21.1 Å². The number of fused-ring (bicyclic) bond motifs is 1. The number of hydrogen-bond donors (Lipinski definition) is 3. The predicted octanol–water partition coefficient (Wildman–Crippen LogP) is 4.02. The van der Waals surface area contributed by atoms with Crippen molar-refractivity contribution in [3.05, 3.63) is 71.9 Å². The highest BCUT2D eigenvalue weighted by Gasteiger charge is 2.14. The van der Waals surface area contributed by atoms with Gasteiger partial charge in [-0.15, -0.1) is 0 Å². The lowest BCUT2D eigenvalue weighted by atomic mass is 10.1. The van der Waals surface area contributed by atoms with Crippen LogP contribution < -0.4 is 21.1 Å². The smallest absolute Gasteiger partial charge is 0.251 e. The summed E-state index contributed by atoms with van der Waals surface area (Å²) in [4.78, 5) is 21.4. The summed E-state index contributed by atoms with van der Waals surface area (Å²) >= 11 is 1.71. The molecule has 0 atom stereocenters. The lowest BCUT2D eigenvalue weighted by Gasteiger charge is -2.11. The number of carbonyl (C=O) groups is 1. The molecule has 0 saturated heterocycles. The molecule has 0 saturated carbocycles. The third-order valence-electron chi connectivity index (χ3n) is 5.40. The Morgan fingerprint density at radius 3 is 2.80 bits per heavy atom. The van der Waals surface area contributed by atoms with Crippen molar-refractivity contribution in [1.82, 2.24) is 19.7 Å². The van der Waals surface area contributed by atoms with Gasteiger partial charge in [0.15, 0.2) is 23.0 Å². The number of nitrogens with two attached hydrogens (primary N) is 1. The van der Waals surface area contributed by atoms with Gasteiger partial charge in [-0.2, -0.15) is 11.8 Å². The fourth-order valence-corrected chi connectivity index (χ4v) is 4.31. The Morgan fingerprint density at radius 1 is 1.20 bits per heavy atom. The van der Waals surface area contributed by atoms with Gasteiger partial charge in [-0.1, -0.05) is 0 Å². The number of rotatable bonds is 10. The van der Waals surface area contributed by atoms with Gasteiger partial charge in [0, 0.05) is 53.8 Å². The lowest BCUT2D eigenvalue weighted by Crippen LogP contribution is -2.26. The topological polar surface area (TPSA) is 107 Å². The Kier molecular flexibility index (Phi) is 7.84. The van der Waals surface area contributed by atoms with E-state index in [0.717, 1.165) is 28.5 Å². The number of aromatic nitrogens is 3. The summed E-state index contributed by atoms with van der Waals surface area (Å²) in [6, 6.07) is 10.3. The number of amides is 1. The number of aryl methyl sites for hydroxylation is 1. The van der Waals surface area contributed by atoms with Crippen molar-refractivity contribution in [1.29, 1.82) is 0 Å². The Balaban J connectivity index is 1.52. The zero-order valence-corrected chi connectivity index (χ0v) is 20.4. The second-order valence-electron chi connectivity index (χ2n) is 7.77. The van der Waals surface area contributed by atoms with Crippen LogP contribution in [0.1, 0.15) is 15.9 Å². The van der Waals surface area contributed by atoms with E-state index < -0.39 is 5.82 Å². The number of anilines is 2. The fraction of sp³-hybridized carbons (Fsp3) is 0.240. The van der Waals surface area contributed by atoms with E-state index in [9.17, 15) is 9.18 Å². The van der Waals surface area contributed by atoms with E-state index in [2.05, 4.69) is 20.6 Å². The minimum absolute atomic E-state index is 0.104. The fourth-order valence-electron chi connectivity index (χ4n) is 3.70. The third-order valence-corrected chi connectivity index (χ3v) is 6.42. The molecule has 4 aromatic rings. The molecule has 35 heavy (non-hydrogen) atoms. The molecule has 10 heteroatoms. The van der Waals surface area contributed by atoms with E-state index in [-0.39, 0.29) is 11.7 Å². The number of imidazole rings is 1. The van der Waals surface area contributed by atoms with Crippen molar-refractivity contribution >= 4 is 34.8 Å². The maximum atomic E-state index is 14.2. The maximum absolute atomic E-state index is 14.2. The van der Waals surface area contributed by atoms with E-state index in [1.807, 2.05) is 23.5 Å². The molecule has 0 aliphatic rings. The van der Waals surface area contributed by atoms with Crippen molar-refractivity contribution in [3.8, 4) is 17.0 Å². The SMILES string of the molecule is COc1ccc(-c2cnc3c(Nc4ccc(C(=O)NCCSCCN)c(C)c4)nccn23)cc1F. The molecular formula is C25H27FN6O2S. The first kappa shape index (κ1) is 24.5. The molecule has 2 aromatic carbocycles. The summed E-state index contributed by atoms with van der Waals surface area (Å²) in [6.45, 7) is 3.12. The molecule has 0 aliphatic heterocycles.